The van der Waals surface area contributed by atoms with E-state index in [1.54, 1.807) is 13.1 Å². The molecule has 25 heavy (non-hydrogen) atoms. The quantitative estimate of drug-likeness (QED) is 0.746. The van der Waals surface area contributed by atoms with Gasteiger partial charge >= 0.3 is 5.76 Å². The van der Waals surface area contributed by atoms with Gasteiger partial charge in [0.05, 0.1) is 10.4 Å². The largest absolute Gasteiger partial charge is 0.419 e. The van der Waals surface area contributed by atoms with Crippen LogP contribution in [0.1, 0.15) is 17.0 Å². The van der Waals surface area contributed by atoms with Crippen molar-refractivity contribution < 1.29 is 12.8 Å². The molecule has 0 unspecified atom stereocenters. The molecule has 1 aromatic carbocycles. The number of nitrogens with one attached hydrogen (secondary N) is 1. The molecular weight excluding hydrogens is 342 g/mol. The molecule has 0 atom stereocenters. The summed E-state index contributed by atoms with van der Waals surface area (Å²) in [6, 6.07) is 6.47. The first-order valence-corrected chi connectivity index (χ1v) is 9.40. The Balaban J connectivity index is 1.77. The molecule has 0 saturated carbocycles. The maximum Gasteiger partial charge on any atom is 0.419 e. The Morgan fingerprint density at radius 1 is 1.12 bits per heavy atom. The predicted octanol–water partition coefficient (Wildman–Crippen LogP) is 1.61. The van der Waals surface area contributed by atoms with Crippen LogP contribution in [0, 0.1) is 13.8 Å². The van der Waals surface area contributed by atoms with E-state index in [-0.39, 0.29) is 10.5 Å². The smallest absolute Gasteiger partial charge is 0.408 e. The highest BCUT2D eigenvalue weighted by molar-refractivity contribution is 7.89. The highest BCUT2D eigenvalue weighted by atomic mass is 32.2. The van der Waals surface area contributed by atoms with Crippen molar-refractivity contribution in [2.45, 2.75) is 25.2 Å². The third-order valence-corrected chi connectivity index (χ3v) is 6.10. The standard InChI is InChI=1S/C17H21N3O4S/c1-11-9-13(12(2)19(11)3)7-8-18-25(22,23)14-5-6-15-16(10-14)24-17(21)20(15)4/h5-6,9-10,18H,7-8H2,1-4H3. The van der Waals surface area contributed by atoms with Gasteiger partial charge in [-0.1, -0.05) is 0 Å². The summed E-state index contributed by atoms with van der Waals surface area (Å²) in [5.41, 5.74) is 4.19. The van der Waals surface area contributed by atoms with Gasteiger partial charge < -0.3 is 8.98 Å². The third kappa shape index (κ3) is 3.14. The molecule has 1 N–H and O–H groups in total. The fraction of sp³-hybridized carbons (Fsp3) is 0.353. The molecule has 0 spiro atoms. The first kappa shape index (κ1) is 17.5. The van der Waals surface area contributed by atoms with Crippen LogP contribution in [0.15, 0.2) is 38.4 Å². The molecule has 0 amide bonds. The van der Waals surface area contributed by atoms with Crippen molar-refractivity contribution >= 4 is 21.1 Å². The first-order chi connectivity index (χ1) is 11.7. The van der Waals surface area contributed by atoms with Gasteiger partial charge in [0.15, 0.2) is 5.58 Å². The molecule has 3 rings (SSSR count). The van der Waals surface area contributed by atoms with Crippen LogP contribution in [0.2, 0.25) is 0 Å². The molecule has 0 saturated heterocycles. The second-order valence-electron chi connectivity index (χ2n) is 6.16. The van der Waals surface area contributed by atoms with E-state index in [1.807, 2.05) is 20.9 Å². The molecule has 7 nitrogen and oxygen atoms in total. The predicted molar refractivity (Wildman–Crippen MR) is 95.2 cm³/mol. The second-order valence-corrected chi connectivity index (χ2v) is 7.93. The Hall–Kier alpha value is -2.32. The SMILES string of the molecule is Cc1cc(CCNS(=O)(=O)c2ccc3c(c2)oc(=O)n3C)c(C)n1C. The van der Waals surface area contributed by atoms with Crippen molar-refractivity contribution in [2.24, 2.45) is 14.1 Å². The van der Waals surface area contributed by atoms with Gasteiger partial charge in [0.25, 0.3) is 0 Å². The lowest BCUT2D eigenvalue weighted by Gasteiger charge is -2.07. The molecule has 3 aromatic rings. The van der Waals surface area contributed by atoms with Crippen molar-refractivity contribution in [1.29, 1.82) is 0 Å². The van der Waals surface area contributed by atoms with Gasteiger partial charge in [0.2, 0.25) is 10.0 Å². The van der Waals surface area contributed by atoms with E-state index in [9.17, 15) is 13.2 Å². The van der Waals surface area contributed by atoms with Crippen LogP contribution < -0.4 is 10.5 Å². The van der Waals surface area contributed by atoms with Crippen molar-refractivity contribution in [3.05, 3.63) is 51.8 Å². The fourth-order valence-corrected chi connectivity index (χ4v) is 3.92. The number of sulfonamides is 1. The number of rotatable bonds is 5. The van der Waals surface area contributed by atoms with Crippen LogP contribution in [0.5, 0.6) is 0 Å². The highest BCUT2D eigenvalue weighted by Crippen LogP contribution is 2.18. The zero-order chi connectivity index (χ0) is 18.4. The zero-order valence-corrected chi connectivity index (χ0v) is 15.5. The van der Waals surface area contributed by atoms with Crippen LogP contribution in [-0.4, -0.2) is 24.1 Å². The van der Waals surface area contributed by atoms with E-state index in [0.717, 1.165) is 17.0 Å². The van der Waals surface area contributed by atoms with Crippen LogP contribution in [0.3, 0.4) is 0 Å². The van der Waals surface area contributed by atoms with Gasteiger partial charge in [0, 0.05) is 38.1 Å². The summed E-state index contributed by atoms with van der Waals surface area (Å²) in [7, 11) is -0.108. The van der Waals surface area contributed by atoms with E-state index < -0.39 is 15.8 Å². The van der Waals surface area contributed by atoms with Gasteiger partial charge in [0.1, 0.15) is 0 Å². The Kier molecular flexibility index (Phi) is 4.34. The fourth-order valence-electron chi connectivity index (χ4n) is 2.87. The van der Waals surface area contributed by atoms with Crippen LogP contribution >= 0.6 is 0 Å². The number of hydrogen-bond acceptors (Lipinski definition) is 4. The van der Waals surface area contributed by atoms with E-state index in [0.29, 0.717) is 18.5 Å². The molecule has 134 valence electrons. The lowest BCUT2D eigenvalue weighted by molar-refractivity contribution is 0.527. The number of hydrogen-bond donors (Lipinski definition) is 1. The van der Waals surface area contributed by atoms with Crippen molar-refractivity contribution in [2.75, 3.05) is 6.54 Å². The van der Waals surface area contributed by atoms with Crippen molar-refractivity contribution in [1.82, 2.24) is 13.9 Å². The van der Waals surface area contributed by atoms with Crippen molar-refractivity contribution in [3.8, 4) is 0 Å². The number of aromatic nitrogens is 2. The molecule has 2 heterocycles. The van der Waals surface area contributed by atoms with Gasteiger partial charge in [-0.05, 0) is 44.0 Å². The minimum absolute atomic E-state index is 0.0790. The van der Waals surface area contributed by atoms with Crippen molar-refractivity contribution in [3.63, 3.8) is 0 Å². The number of aryl methyl sites for hydroxylation is 2. The van der Waals surface area contributed by atoms with Gasteiger partial charge in [-0.2, -0.15) is 0 Å². The van der Waals surface area contributed by atoms with E-state index >= 15 is 0 Å². The van der Waals surface area contributed by atoms with Gasteiger partial charge in [-0.3, -0.25) is 4.57 Å². The summed E-state index contributed by atoms with van der Waals surface area (Å²) in [5, 5.41) is 0. The lowest BCUT2D eigenvalue weighted by Crippen LogP contribution is -2.26. The van der Waals surface area contributed by atoms with Crippen LogP contribution in [-0.2, 0) is 30.5 Å². The lowest BCUT2D eigenvalue weighted by atomic mass is 10.2. The second kappa shape index (κ2) is 6.20. The molecule has 0 bridgehead atoms. The minimum atomic E-state index is -3.67. The molecule has 0 fully saturated rings. The normalized spacial score (nSPS) is 12.2. The summed E-state index contributed by atoms with van der Waals surface area (Å²) in [6.45, 7) is 4.33. The highest BCUT2D eigenvalue weighted by Gasteiger charge is 2.17. The van der Waals surface area contributed by atoms with Crippen LogP contribution in [0.25, 0.3) is 11.1 Å². The molecule has 0 aliphatic carbocycles. The van der Waals surface area contributed by atoms with Gasteiger partial charge in [-0.15, -0.1) is 0 Å². The first-order valence-electron chi connectivity index (χ1n) is 7.92. The summed E-state index contributed by atoms with van der Waals surface area (Å²) < 4.78 is 36.0. The number of nitrogens with zero attached hydrogens (tertiary/aromatic N) is 2. The summed E-state index contributed by atoms with van der Waals surface area (Å²) in [6.07, 6.45) is 0.607. The average Bonchev–Trinajstić information content (AvgIpc) is 2.98. The van der Waals surface area contributed by atoms with Gasteiger partial charge in [-0.25, -0.2) is 17.9 Å². The Labute approximate surface area is 145 Å². The van der Waals surface area contributed by atoms with E-state index in [1.165, 1.54) is 16.7 Å². The summed E-state index contributed by atoms with van der Waals surface area (Å²) >= 11 is 0. The molecular formula is C17H21N3O4S. The minimum Gasteiger partial charge on any atom is -0.408 e. The zero-order valence-electron chi connectivity index (χ0n) is 14.7. The average molecular weight is 363 g/mol. The number of benzene rings is 1. The monoisotopic (exact) mass is 363 g/mol. The topological polar surface area (TPSA) is 86.2 Å². The summed E-state index contributed by atoms with van der Waals surface area (Å²) in [4.78, 5) is 11.6. The maximum atomic E-state index is 12.5. The molecule has 8 heteroatoms. The van der Waals surface area contributed by atoms with E-state index in [2.05, 4.69) is 15.4 Å². The Morgan fingerprint density at radius 2 is 1.84 bits per heavy atom. The maximum absolute atomic E-state index is 12.5. The molecule has 0 aliphatic heterocycles. The number of fused-ring (bicyclic) bond motifs is 1. The Morgan fingerprint density at radius 3 is 2.48 bits per heavy atom. The number of oxazole rings is 1. The molecule has 0 aliphatic rings. The van der Waals surface area contributed by atoms with E-state index in [4.69, 9.17) is 4.42 Å². The third-order valence-electron chi connectivity index (χ3n) is 4.64. The van der Waals surface area contributed by atoms with Crippen LogP contribution in [0.4, 0.5) is 0 Å². The summed E-state index contributed by atoms with van der Waals surface area (Å²) in [5.74, 6) is -0.521. The molecule has 2 aromatic heterocycles. The Bertz CT molecular complexity index is 1100. The molecule has 0 radical (unpaired) electrons.